The summed E-state index contributed by atoms with van der Waals surface area (Å²) >= 11 is 2.03. The van der Waals surface area contributed by atoms with Gasteiger partial charge in [0, 0.05) is 42.9 Å². The zero-order valence-corrected chi connectivity index (χ0v) is 11.6. The maximum absolute atomic E-state index is 5.30. The molecule has 1 saturated heterocycles. The predicted molar refractivity (Wildman–Crippen MR) is 75.7 cm³/mol. The van der Waals surface area contributed by atoms with Crippen LogP contribution in [0.4, 0.5) is 0 Å². The van der Waals surface area contributed by atoms with Crippen LogP contribution in [-0.4, -0.2) is 50.0 Å². The number of hydrogen-bond acceptors (Lipinski definition) is 4. The molecule has 3 rings (SSSR count). The third-order valence-corrected chi connectivity index (χ3v) is 4.98. The molecule has 1 fully saturated rings. The van der Waals surface area contributed by atoms with Crippen LogP contribution in [-0.2, 0) is 6.42 Å². The van der Waals surface area contributed by atoms with Gasteiger partial charge in [0.25, 0.3) is 0 Å². The summed E-state index contributed by atoms with van der Waals surface area (Å²) in [6, 6.07) is 6.47. The highest BCUT2D eigenvalue weighted by molar-refractivity contribution is 8.00. The quantitative estimate of drug-likeness (QED) is 0.896. The van der Waals surface area contributed by atoms with Crippen LogP contribution in [0.3, 0.4) is 0 Å². The van der Waals surface area contributed by atoms with E-state index in [1.807, 2.05) is 11.8 Å². The van der Waals surface area contributed by atoms with Crippen LogP contribution in [0.2, 0.25) is 0 Å². The number of methoxy groups -OCH3 is 1. The number of piperazine rings is 1. The SMILES string of the molecule is COc1ccc2c(c1)CC(CN1CCNCC1)S2. The number of hydrogen-bond donors (Lipinski definition) is 1. The summed E-state index contributed by atoms with van der Waals surface area (Å²) in [4.78, 5) is 4.02. The van der Waals surface area contributed by atoms with Gasteiger partial charge in [0.15, 0.2) is 0 Å². The van der Waals surface area contributed by atoms with Crippen molar-refractivity contribution in [2.45, 2.75) is 16.6 Å². The van der Waals surface area contributed by atoms with E-state index >= 15 is 0 Å². The van der Waals surface area contributed by atoms with Gasteiger partial charge in [-0.1, -0.05) is 0 Å². The van der Waals surface area contributed by atoms with Crippen molar-refractivity contribution in [1.82, 2.24) is 10.2 Å². The van der Waals surface area contributed by atoms with Crippen LogP contribution in [0.1, 0.15) is 5.56 Å². The third-order valence-electron chi connectivity index (χ3n) is 3.68. The van der Waals surface area contributed by atoms with Gasteiger partial charge in [0.1, 0.15) is 5.75 Å². The maximum Gasteiger partial charge on any atom is 0.119 e. The fraction of sp³-hybridized carbons (Fsp3) is 0.571. The normalized spacial score (nSPS) is 23.9. The van der Waals surface area contributed by atoms with Crippen LogP contribution in [0.15, 0.2) is 23.1 Å². The van der Waals surface area contributed by atoms with Crippen LogP contribution >= 0.6 is 11.8 Å². The van der Waals surface area contributed by atoms with Gasteiger partial charge in [-0.3, -0.25) is 4.90 Å². The molecule has 0 radical (unpaired) electrons. The van der Waals surface area contributed by atoms with Crippen molar-refractivity contribution < 1.29 is 4.74 Å². The first-order chi connectivity index (χ1) is 8.85. The Kier molecular flexibility index (Phi) is 3.77. The summed E-state index contributed by atoms with van der Waals surface area (Å²) in [7, 11) is 1.74. The van der Waals surface area contributed by atoms with Crippen molar-refractivity contribution in [3.8, 4) is 5.75 Å². The van der Waals surface area contributed by atoms with Crippen LogP contribution in [0.25, 0.3) is 0 Å². The fourth-order valence-electron chi connectivity index (χ4n) is 2.71. The molecule has 2 aliphatic heterocycles. The van der Waals surface area contributed by atoms with E-state index in [1.165, 1.54) is 36.5 Å². The second-order valence-electron chi connectivity index (χ2n) is 4.97. The summed E-state index contributed by atoms with van der Waals surface area (Å²) in [5.41, 5.74) is 1.46. The minimum Gasteiger partial charge on any atom is -0.497 e. The molecular weight excluding hydrogens is 244 g/mol. The van der Waals surface area contributed by atoms with Gasteiger partial charge in [-0.05, 0) is 30.2 Å². The van der Waals surface area contributed by atoms with E-state index in [4.69, 9.17) is 4.74 Å². The number of nitrogens with one attached hydrogen (secondary N) is 1. The molecular formula is C14H20N2OS. The summed E-state index contributed by atoms with van der Waals surface area (Å²) in [5, 5.41) is 4.12. The average molecular weight is 264 g/mol. The number of nitrogens with zero attached hydrogens (tertiary/aromatic N) is 1. The first kappa shape index (κ1) is 12.3. The molecule has 98 valence electrons. The number of benzene rings is 1. The number of ether oxygens (including phenoxy) is 1. The van der Waals surface area contributed by atoms with Gasteiger partial charge in [-0.25, -0.2) is 0 Å². The van der Waals surface area contributed by atoms with E-state index in [2.05, 4.69) is 28.4 Å². The number of thioether (sulfide) groups is 1. The average Bonchev–Trinajstić information content (AvgIpc) is 2.80. The molecule has 0 saturated carbocycles. The lowest BCUT2D eigenvalue weighted by Crippen LogP contribution is -2.45. The first-order valence-corrected chi connectivity index (χ1v) is 7.50. The molecule has 3 nitrogen and oxygen atoms in total. The van der Waals surface area contributed by atoms with E-state index in [-0.39, 0.29) is 0 Å². The molecule has 0 aliphatic carbocycles. The fourth-order valence-corrected chi connectivity index (χ4v) is 4.05. The summed E-state index contributed by atoms with van der Waals surface area (Å²) in [6.45, 7) is 5.87. The lowest BCUT2D eigenvalue weighted by atomic mass is 10.1. The molecule has 1 atom stereocenters. The third kappa shape index (κ3) is 2.66. The Morgan fingerprint density at radius 3 is 3.00 bits per heavy atom. The van der Waals surface area contributed by atoms with Crippen molar-refractivity contribution >= 4 is 11.8 Å². The van der Waals surface area contributed by atoms with Crippen LogP contribution in [0, 0.1) is 0 Å². The van der Waals surface area contributed by atoms with Crippen molar-refractivity contribution in [3.63, 3.8) is 0 Å². The van der Waals surface area contributed by atoms with Gasteiger partial charge < -0.3 is 10.1 Å². The highest BCUT2D eigenvalue weighted by Gasteiger charge is 2.25. The Labute approximate surface area is 113 Å². The van der Waals surface area contributed by atoms with E-state index in [0.717, 1.165) is 18.8 Å². The summed E-state index contributed by atoms with van der Waals surface area (Å²) in [5.74, 6) is 0.983. The Morgan fingerprint density at radius 1 is 1.39 bits per heavy atom. The molecule has 2 heterocycles. The highest BCUT2D eigenvalue weighted by Crippen LogP contribution is 2.39. The Bertz CT molecular complexity index is 418. The molecule has 2 aliphatic rings. The second-order valence-corrected chi connectivity index (χ2v) is 6.31. The summed E-state index contributed by atoms with van der Waals surface area (Å²) < 4.78 is 5.30. The van der Waals surface area contributed by atoms with E-state index in [0.29, 0.717) is 5.25 Å². The lowest BCUT2D eigenvalue weighted by Gasteiger charge is -2.29. The number of rotatable bonds is 3. The molecule has 0 bridgehead atoms. The van der Waals surface area contributed by atoms with E-state index in [1.54, 1.807) is 7.11 Å². The molecule has 1 N–H and O–H groups in total. The predicted octanol–water partition coefficient (Wildman–Crippen LogP) is 1.62. The van der Waals surface area contributed by atoms with E-state index in [9.17, 15) is 0 Å². The topological polar surface area (TPSA) is 24.5 Å². The van der Waals surface area contributed by atoms with Gasteiger partial charge in [-0.15, -0.1) is 11.8 Å². The van der Waals surface area contributed by atoms with Crippen molar-refractivity contribution in [2.75, 3.05) is 39.8 Å². The van der Waals surface area contributed by atoms with Crippen molar-refractivity contribution in [1.29, 1.82) is 0 Å². The van der Waals surface area contributed by atoms with Crippen LogP contribution in [0.5, 0.6) is 5.75 Å². The van der Waals surface area contributed by atoms with Crippen molar-refractivity contribution in [2.24, 2.45) is 0 Å². The molecule has 0 amide bonds. The van der Waals surface area contributed by atoms with Crippen LogP contribution < -0.4 is 10.1 Å². The second kappa shape index (κ2) is 5.51. The standard InChI is InChI=1S/C14H20N2OS/c1-17-12-2-3-14-11(8-12)9-13(18-14)10-16-6-4-15-5-7-16/h2-3,8,13,15H,4-7,9-10H2,1H3. The zero-order valence-electron chi connectivity index (χ0n) is 10.8. The smallest absolute Gasteiger partial charge is 0.119 e. The Balaban J connectivity index is 1.61. The molecule has 0 aromatic heterocycles. The zero-order chi connectivity index (χ0) is 12.4. The minimum atomic E-state index is 0.713. The maximum atomic E-state index is 5.30. The highest BCUT2D eigenvalue weighted by atomic mass is 32.2. The molecule has 0 spiro atoms. The van der Waals surface area contributed by atoms with Gasteiger partial charge in [0.05, 0.1) is 7.11 Å². The molecule has 1 aromatic carbocycles. The van der Waals surface area contributed by atoms with E-state index < -0.39 is 0 Å². The number of fused-ring (bicyclic) bond motifs is 1. The van der Waals surface area contributed by atoms with Gasteiger partial charge in [0.2, 0.25) is 0 Å². The minimum absolute atomic E-state index is 0.713. The molecule has 18 heavy (non-hydrogen) atoms. The molecule has 1 aromatic rings. The van der Waals surface area contributed by atoms with Crippen molar-refractivity contribution in [3.05, 3.63) is 23.8 Å². The monoisotopic (exact) mass is 264 g/mol. The van der Waals surface area contributed by atoms with Gasteiger partial charge in [-0.2, -0.15) is 0 Å². The Hall–Kier alpha value is -0.710. The largest absolute Gasteiger partial charge is 0.497 e. The molecule has 1 unspecified atom stereocenters. The molecule has 4 heteroatoms. The summed E-state index contributed by atoms with van der Waals surface area (Å²) in [6.07, 6.45) is 1.18. The van der Waals surface area contributed by atoms with Gasteiger partial charge >= 0.3 is 0 Å². The lowest BCUT2D eigenvalue weighted by molar-refractivity contribution is 0.242. The Morgan fingerprint density at radius 2 is 2.22 bits per heavy atom. The first-order valence-electron chi connectivity index (χ1n) is 6.62.